The van der Waals surface area contributed by atoms with Crippen LogP contribution in [0.25, 0.3) is 0 Å². The fraction of sp³-hybridized carbons (Fsp3) is 0.667. The van der Waals surface area contributed by atoms with Crippen LogP contribution < -0.4 is 5.32 Å². The van der Waals surface area contributed by atoms with Gasteiger partial charge in [-0.1, -0.05) is 0 Å². The van der Waals surface area contributed by atoms with E-state index in [9.17, 15) is 4.79 Å². The Morgan fingerprint density at radius 3 is 2.77 bits per heavy atom. The normalized spacial score (nSPS) is 17.0. The van der Waals surface area contributed by atoms with Gasteiger partial charge in [0.25, 0.3) is 0 Å². The molecule has 0 unspecified atom stereocenters. The molecule has 2 rings (SSSR count). The number of anilines is 1. The van der Waals surface area contributed by atoms with Crippen molar-refractivity contribution in [2.75, 3.05) is 58.7 Å². The van der Waals surface area contributed by atoms with Crippen LogP contribution in [-0.2, 0) is 4.74 Å². The van der Waals surface area contributed by atoms with Crippen LogP contribution in [0.5, 0.6) is 0 Å². The molecular weight excluding hydrogens is 282 g/mol. The molecule has 7 nitrogen and oxygen atoms in total. The highest BCUT2D eigenvalue weighted by Gasteiger charge is 2.11. The molecule has 122 valence electrons. The van der Waals surface area contributed by atoms with E-state index >= 15 is 0 Å². The van der Waals surface area contributed by atoms with Gasteiger partial charge in [-0.05, 0) is 39.5 Å². The zero-order valence-electron chi connectivity index (χ0n) is 13.4. The molecule has 0 aliphatic carbocycles. The number of esters is 1. The van der Waals surface area contributed by atoms with Crippen LogP contribution in [0.3, 0.4) is 0 Å². The summed E-state index contributed by atoms with van der Waals surface area (Å²) >= 11 is 0. The molecule has 1 aliphatic rings. The maximum atomic E-state index is 11.3. The van der Waals surface area contributed by atoms with Gasteiger partial charge in [-0.2, -0.15) is 0 Å². The van der Waals surface area contributed by atoms with Crippen molar-refractivity contribution in [1.82, 2.24) is 19.8 Å². The van der Waals surface area contributed by atoms with Gasteiger partial charge in [-0.25, -0.2) is 14.8 Å². The van der Waals surface area contributed by atoms with Crippen molar-refractivity contribution in [3.63, 3.8) is 0 Å². The molecule has 0 bridgehead atoms. The van der Waals surface area contributed by atoms with Gasteiger partial charge in [0.2, 0.25) is 5.95 Å². The summed E-state index contributed by atoms with van der Waals surface area (Å²) in [5.74, 6) is 0.126. The van der Waals surface area contributed by atoms with Crippen molar-refractivity contribution in [3.8, 4) is 0 Å². The first-order chi connectivity index (χ1) is 10.7. The lowest BCUT2D eigenvalue weighted by atomic mass is 10.3. The minimum Gasteiger partial charge on any atom is -0.465 e. The number of hydrogen-bond donors (Lipinski definition) is 1. The van der Waals surface area contributed by atoms with Gasteiger partial charge >= 0.3 is 5.97 Å². The topological polar surface area (TPSA) is 70.6 Å². The molecule has 1 aliphatic heterocycles. The molecule has 0 aromatic carbocycles. The van der Waals surface area contributed by atoms with Crippen molar-refractivity contribution in [2.45, 2.75) is 12.8 Å². The molecule has 1 saturated heterocycles. The molecule has 1 fully saturated rings. The number of hydrogen-bond acceptors (Lipinski definition) is 7. The average molecular weight is 307 g/mol. The summed E-state index contributed by atoms with van der Waals surface area (Å²) in [6.07, 6.45) is 5.24. The largest absolute Gasteiger partial charge is 0.465 e. The van der Waals surface area contributed by atoms with E-state index in [0.29, 0.717) is 11.5 Å². The Labute approximate surface area is 131 Å². The first-order valence-corrected chi connectivity index (χ1v) is 7.74. The summed E-state index contributed by atoms with van der Waals surface area (Å²) < 4.78 is 4.61. The average Bonchev–Trinajstić information content (AvgIpc) is 2.76. The number of nitrogens with one attached hydrogen (secondary N) is 1. The second-order valence-corrected chi connectivity index (χ2v) is 5.57. The van der Waals surface area contributed by atoms with E-state index in [1.165, 1.54) is 39.0 Å². The molecule has 0 spiro atoms. The van der Waals surface area contributed by atoms with Crippen molar-refractivity contribution >= 4 is 11.9 Å². The number of rotatable bonds is 6. The summed E-state index contributed by atoms with van der Waals surface area (Å²) in [7, 11) is 3.52. The van der Waals surface area contributed by atoms with Crippen LogP contribution in [-0.4, -0.2) is 79.2 Å². The Hall–Kier alpha value is -1.73. The van der Waals surface area contributed by atoms with Crippen molar-refractivity contribution < 1.29 is 9.53 Å². The van der Waals surface area contributed by atoms with Gasteiger partial charge in [0, 0.05) is 32.0 Å². The Morgan fingerprint density at radius 1 is 1.27 bits per heavy atom. The fourth-order valence-corrected chi connectivity index (χ4v) is 2.47. The molecule has 0 amide bonds. The minimum atomic E-state index is -0.419. The van der Waals surface area contributed by atoms with Crippen LogP contribution in [0.4, 0.5) is 5.95 Å². The molecular formula is C15H25N5O2. The third-order valence-electron chi connectivity index (χ3n) is 3.82. The monoisotopic (exact) mass is 307 g/mol. The Balaban J connectivity index is 1.67. The zero-order valence-corrected chi connectivity index (χ0v) is 13.4. The summed E-state index contributed by atoms with van der Waals surface area (Å²) in [6.45, 7) is 6.56. The SMILES string of the molecule is COC(=O)c1cnc(NCCCN2CCCN(C)CC2)nc1. The van der Waals surface area contributed by atoms with Crippen LogP contribution in [0.15, 0.2) is 12.4 Å². The smallest absolute Gasteiger partial charge is 0.341 e. The number of methoxy groups -OCH3 is 1. The van der Waals surface area contributed by atoms with Crippen molar-refractivity contribution in [3.05, 3.63) is 18.0 Å². The molecule has 1 aromatic heterocycles. The Bertz CT molecular complexity index is 466. The number of carbonyl (C=O) groups is 1. The Kier molecular flexibility index (Phi) is 6.54. The molecule has 1 N–H and O–H groups in total. The van der Waals surface area contributed by atoms with Gasteiger partial charge in [0.05, 0.1) is 12.7 Å². The second kappa shape index (κ2) is 8.65. The lowest BCUT2D eigenvalue weighted by Crippen LogP contribution is -2.30. The summed E-state index contributed by atoms with van der Waals surface area (Å²) in [5.41, 5.74) is 0.363. The van der Waals surface area contributed by atoms with E-state index in [0.717, 1.165) is 32.6 Å². The van der Waals surface area contributed by atoms with Crippen molar-refractivity contribution in [2.24, 2.45) is 0 Å². The van der Waals surface area contributed by atoms with Gasteiger partial charge in [0.15, 0.2) is 0 Å². The van der Waals surface area contributed by atoms with Gasteiger partial charge in [-0.15, -0.1) is 0 Å². The molecule has 0 atom stereocenters. The van der Waals surface area contributed by atoms with Crippen LogP contribution in [0.2, 0.25) is 0 Å². The van der Waals surface area contributed by atoms with E-state index in [4.69, 9.17) is 0 Å². The van der Waals surface area contributed by atoms with Crippen LogP contribution in [0, 0.1) is 0 Å². The maximum Gasteiger partial charge on any atom is 0.341 e. The second-order valence-electron chi connectivity index (χ2n) is 5.57. The van der Waals surface area contributed by atoms with Gasteiger partial charge < -0.3 is 19.9 Å². The fourth-order valence-electron chi connectivity index (χ4n) is 2.47. The number of aromatic nitrogens is 2. The molecule has 7 heteroatoms. The lowest BCUT2D eigenvalue weighted by Gasteiger charge is -2.19. The first kappa shape index (κ1) is 16.6. The number of nitrogens with zero attached hydrogens (tertiary/aromatic N) is 4. The highest BCUT2D eigenvalue weighted by atomic mass is 16.5. The quantitative estimate of drug-likeness (QED) is 0.613. The van der Waals surface area contributed by atoms with E-state index in [-0.39, 0.29) is 0 Å². The number of carbonyl (C=O) groups excluding carboxylic acids is 1. The Morgan fingerprint density at radius 2 is 2.05 bits per heavy atom. The molecule has 0 radical (unpaired) electrons. The van der Waals surface area contributed by atoms with Crippen molar-refractivity contribution in [1.29, 1.82) is 0 Å². The van der Waals surface area contributed by atoms with E-state index < -0.39 is 5.97 Å². The third kappa shape index (κ3) is 5.23. The van der Waals surface area contributed by atoms with E-state index in [2.05, 4.69) is 36.9 Å². The molecule has 0 saturated carbocycles. The van der Waals surface area contributed by atoms with E-state index in [1.807, 2.05) is 0 Å². The standard InChI is InChI=1S/C15H25N5O2/c1-19-6-4-8-20(10-9-19)7-3-5-16-15-17-11-13(12-18-15)14(21)22-2/h11-12H,3-10H2,1-2H3,(H,16,17,18). The summed E-state index contributed by atoms with van der Waals surface area (Å²) in [5, 5.41) is 3.18. The first-order valence-electron chi connectivity index (χ1n) is 7.74. The van der Waals surface area contributed by atoms with E-state index in [1.54, 1.807) is 0 Å². The highest BCUT2D eigenvalue weighted by molar-refractivity contribution is 5.88. The summed E-state index contributed by atoms with van der Waals surface area (Å²) in [6, 6.07) is 0. The predicted octanol–water partition coefficient (Wildman–Crippen LogP) is 0.703. The molecule has 2 heterocycles. The highest BCUT2D eigenvalue weighted by Crippen LogP contribution is 2.04. The maximum absolute atomic E-state index is 11.3. The molecule has 22 heavy (non-hydrogen) atoms. The van der Waals surface area contributed by atoms with Crippen LogP contribution >= 0.6 is 0 Å². The van der Waals surface area contributed by atoms with Gasteiger partial charge in [0.1, 0.15) is 0 Å². The minimum absolute atomic E-state index is 0.363. The zero-order chi connectivity index (χ0) is 15.8. The third-order valence-corrected chi connectivity index (χ3v) is 3.82. The van der Waals surface area contributed by atoms with Gasteiger partial charge in [-0.3, -0.25) is 0 Å². The predicted molar refractivity (Wildman–Crippen MR) is 85.0 cm³/mol. The van der Waals surface area contributed by atoms with Crippen LogP contribution in [0.1, 0.15) is 23.2 Å². The molecule has 1 aromatic rings. The number of likely N-dealkylation sites (N-methyl/N-ethyl adjacent to an activating group) is 1. The summed E-state index contributed by atoms with van der Waals surface area (Å²) in [4.78, 5) is 24.4. The number of ether oxygens (including phenoxy) is 1. The lowest BCUT2D eigenvalue weighted by molar-refractivity contribution is 0.0600.